The van der Waals surface area contributed by atoms with Crippen LogP contribution in [0.15, 0.2) is 83.3 Å². The molecule has 0 unspecified atom stereocenters. The summed E-state index contributed by atoms with van der Waals surface area (Å²) in [7, 11) is 2.19. The molecule has 0 aliphatic carbocycles. The molecule has 3 nitrogen and oxygen atoms in total. The third-order valence-corrected chi connectivity index (χ3v) is 6.69. The van der Waals surface area contributed by atoms with Crippen molar-refractivity contribution in [2.75, 3.05) is 44.7 Å². The number of aliphatic hydroxyl groups is 1. The van der Waals surface area contributed by atoms with Crippen LogP contribution < -0.4 is 4.90 Å². The Balaban J connectivity index is 0.00000204. The van der Waals surface area contributed by atoms with Crippen LogP contribution in [0.3, 0.4) is 0 Å². The number of hydrogen-bond donors (Lipinski definition) is 1. The van der Waals surface area contributed by atoms with E-state index in [0.29, 0.717) is 0 Å². The van der Waals surface area contributed by atoms with Crippen LogP contribution in [-0.4, -0.2) is 49.8 Å². The quantitative estimate of drug-likeness (QED) is 0.321. The molecule has 0 amide bonds. The van der Waals surface area contributed by atoms with Gasteiger partial charge in [-0.2, -0.15) is 0 Å². The SMILES string of the molecule is CN1CCN(c2ccc(/C(=C(/CCCO)c3ccccc3)c3ccc(Br)cc3)cc2)CC1.Cl.Cl. The number of halogens is 3. The predicted octanol–water partition coefficient (Wildman–Crippen LogP) is 6.78. The van der Waals surface area contributed by atoms with E-state index in [-0.39, 0.29) is 31.4 Å². The molecule has 1 N–H and O–H groups in total. The normalized spacial score (nSPS) is 14.6. The Morgan fingerprint density at radius 2 is 1.32 bits per heavy atom. The zero-order chi connectivity index (χ0) is 22.3. The van der Waals surface area contributed by atoms with Crippen LogP contribution >= 0.6 is 40.7 Å². The minimum absolute atomic E-state index is 0. The first-order chi connectivity index (χ1) is 15.7. The molecule has 1 aliphatic heterocycles. The van der Waals surface area contributed by atoms with Gasteiger partial charge in [-0.05, 0) is 72.0 Å². The molecule has 1 saturated heterocycles. The first-order valence-corrected chi connectivity index (χ1v) is 12.1. The van der Waals surface area contributed by atoms with Crippen LogP contribution in [0.1, 0.15) is 29.5 Å². The summed E-state index contributed by atoms with van der Waals surface area (Å²) < 4.78 is 1.07. The maximum Gasteiger partial charge on any atom is 0.0434 e. The average molecular weight is 564 g/mol. The monoisotopic (exact) mass is 562 g/mol. The molecule has 1 heterocycles. The Kier molecular flexibility index (Phi) is 11.6. The topological polar surface area (TPSA) is 26.7 Å². The molecule has 0 saturated carbocycles. The summed E-state index contributed by atoms with van der Waals surface area (Å²) >= 11 is 3.57. The summed E-state index contributed by atoms with van der Waals surface area (Å²) in [5, 5.41) is 9.58. The standard InChI is InChI=1S/C28H31BrN2O.2ClH/c1-30-17-19-31(20-18-30)26-15-11-24(12-16-26)28(23-9-13-25(29)14-10-23)27(8-5-21-32)22-6-3-2-4-7-22;;/h2-4,6-7,9-16,32H,5,8,17-21H2,1H3;2*1H/b28-27-;;. The summed E-state index contributed by atoms with van der Waals surface area (Å²) in [6.45, 7) is 4.52. The van der Waals surface area contributed by atoms with Crippen LogP contribution in [0.25, 0.3) is 11.1 Å². The molecule has 6 heteroatoms. The number of piperazine rings is 1. The number of hydrogen-bond acceptors (Lipinski definition) is 3. The van der Waals surface area contributed by atoms with E-state index >= 15 is 0 Å². The molecule has 182 valence electrons. The van der Waals surface area contributed by atoms with Crippen LogP contribution in [0.2, 0.25) is 0 Å². The Morgan fingerprint density at radius 3 is 1.88 bits per heavy atom. The second kappa shape index (κ2) is 13.9. The number of benzene rings is 3. The van der Waals surface area contributed by atoms with Crippen molar-refractivity contribution in [1.29, 1.82) is 0 Å². The van der Waals surface area contributed by atoms with Crippen molar-refractivity contribution in [2.45, 2.75) is 12.8 Å². The zero-order valence-corrected chi connectivity index (χ0v) is 22.7. The van der Waals surface area contributed by atoms with Gasteiger partial charge in [-0.1, -0.05) is 70.5 Å². The van der Waals surface area contributed by atoms with E-state index in [1.165, 1.54) is 33.5 Å². The summed E-state index contributed by atoms with van der Waals surface area (Å²) in [6, 6.07) is 28.2. The largest absolute Gasteiger partial charge is 0.396 e. The van der Waals surface area contributed by atoms with Crippen molar-refractivity contribution in [2.24, 2.45) is 0 Å². The molecule has 4 rings (SSSR count). The van der Waals surface area contributed by atoms with E-state index in [4.69, 9.17) is 0 Å². The van der Waals surface area contributed by atoms with E-state index in [0.717, 1.165) is 43.5 Å². The molecule has 0 atom stereocenters. The maximum atomic E-state index is 9.58. The zero-order valence-electron chi connectivity index (χ0n) is 19.5. The number of anilines is 1. The summed E-state index contributed by atoms with van der Waals surface area (Å²) in [5.41, 5.74) is 7.41. The lowest BCUT2D eigenvalue weighted by Gasteiger charge is -2.34. The van der Waals surface area contributed by atoms with Gasteiger partial charge < -0.3 is 14.9 Å². The summed E-state index contributed by atoms with van der Waals surface area (Å²) in [4.78, 5) is 4.85. The molecule has 1 fully saturated rings. The molecule has 3 aromatic rings. The summed E-state index contributed by atoms with van der Waals surface area (Å²) in [6.07, 6.45) is 1.57. The first kappa shape index (κ1) is 28.4. The second-order valence-electron chi connectivity index (χ2n) is 8.39. The van der Waals surface area contributed by atoms with Crippen LogP contribution in [0, 0.1) is 0 Å². The van der Waals surface area contributed by atoms with Gasteiger partial charge in [0.05, 0.1) is 0 Å². The molecule has 0 aromatic heterocycles. The van der Waals surface area contributed by atoms with Crippen molar-refractivity contribution in [3.8, 4) is 0 Å². The van der Waals surface area contributed by atoms with Crippen LogP contribution in [-0.2, 0) is 0 Å². The van der Waals surface area contributed by atoms with Gasteiger partial charge in [0.2, 0.25) is 0 Å². The molecule has 0 radical (unpaired) electrons. The van der Waals surface area contributed by atoms with E-state index in [9.17, 15) is 5.11 Å². The highest BCUT2D eigenvalue weighted by Gasteiger charge is 2.17. The van der Waals surface area contributed by atoms with Gasteiger partial charge in [-0.15, -0.1) is 24.8 Å². The van der Waals surface area contributed by atoms with Crippen molar-refractivity contribution in [1.82, 2.24) is 4.90 Å². The molecule has 34 heavy (non-hydrogen) atoms. The smallest absolute Gasteiger partial charge is 0.0434 e. The highest BCUT2D eigenvalue weighted by molar-refractivity contribution is 9.10. The fraction of sp³-hybridized carbons (Fsp3) is 0.286. The minimum atomic E-state index is 0. The van der Waals surface area contributed by atoms with Gasteiger partial charge in [0, 0.05) is 42.9 Å². The third kappa shape index (κ3) is 7.10. The van der Waals surface area contributed by atoms with Crippen molar-refractivity contribution in [3.05, 3.63) is 100 Å². The molecular weight excluding hydrogens is 531 g/mol. The van der Waals surface area contributed by atoms with Gasteiger partial charge in [0.25, 0.3) is 0 Å². The van der Waals surface area contributed by atoms with Gasteiger partial charge in [-0.25, -0.2) is 0 Å². The molecule has 0 spiro atoms. The average Bonchev–Trinajstić information content (AvgIpc) is 2.84. The lowest BCUT2D eigenvalue weighted by atomic mass is 9.87. The molecule has 1 aliphatic rings. The minimum Gasteiger partial charge on any atom is -0.396 e. The predicted molar refractivity (Wildman–Crippen MR) is 153 cm³/mol. The molecular formula is C28H33BrCl2N2O. The number of allylic oxidation sites excluding steroid dienone is 1. The number of nitrogens with zero attached hydrogens (tertiary/aromatic N) is 2. The maximum absolute atomic E-state index is 9.58. The summed E-state index contributed by atoms with van der Waals surface area (Å²) in [5.74, 6) is 0. The fourth-order valence-electron chi connectivity index (χ4n) is 4.34. The number of likely N-dealkylation sites (N-methyl/N-ethyl adjacent to an activating group) is 1. The van der Waals surface area contributed by atoms with Gasteiger partial charge in [0.15, 0.2) is 0 Å². The first-order valence-electron chi connectivity index (χ1n) is 11.3. The third-order valence-electron chi connectivity index (χ3n) is 6.17. The Bertz CT molecular complexity index is 1030. The highest BCUT2D eigenvalue weighted by atomic mass is 79.9. The Hall–Kier alpha value is -1.82. The number of rotatable bonds is 7. The fourth-order valence-corrected chi connectivity index (χ4v) is 4.61. The van der Waals surface area contributed by atoms with Gasteiger partial charge in [0.1, 0.15) is 0 Å². The lowest BCUT2D eigenvalue weighted by molar-refractivity contribution is 0.290. The van der Waals surface area contributed by atoms with Gasteiger partial charge >= 0.3 is 0 Å². The molecule has 3 aromatic carbocycles. The van der Waals surface area contributed by atoms with Crippen molar-refractivity contribution in [3.63, 3.8) is 0 Å². The van der Waals surface area contributed by atoms with Crippen molar-refractivity contribution >= 4 is 57.6 Å². The van der Waals surface area contributed by atoms with Crippen molar-refractivity contribution < 1.29 is 5.11 Å². The Labute approximate surface area is 224 Å². The van der Waals surface area contributed by atoms with E-state index in [1.807, 2.05) is 0 Å². The van der Waals surface area contributed by atoms with E-state index < -0.39 is 0 Å². The van der Waals surface area contributed by atoms with Crippen LogP contribution in [0.4, 0.5) is 5.69 Å². The van der Waals surface area contributed by atoms with E-state index in [2.05, 4.69) is 112 Å². The van der Waals surface area contributed by atoms with Gasteiger partial charge in [-0.3, -0.25) is 0 Å². The van der Waals surface area contributed by atoms with E-state index in [1.54, 1.807) is 0 Å². The molecule has 0 bridgehead atoms. The highest BCUT2D eigenvalue weighted by Crippen LogP contribution is 2.36. The Morgan fingerprint density at radius 1 is 0.765 bits per heavy atom. The lowest BCUT2D eigenvalue weighted by Crippen LogP contribution is -2.44. The van der Waals surface area contributed by atoms with Crippen LogP contribution in [0.5, 0.6) is 0 Å². The second-order valence-corrected chi connectivity index (χ2v) is 9.31. The number of aliphatic hydroxyl groups excluding tert-OH is 1.